The number of thiocarbonyl (C=S) groups is 1. The molecule has 1 N–H and O–H groups in total. The summed E-state index contributed by atoms with van der Waals surface area (Å²) in [5.41, 5.74) is 3.78. The molecule has 1 aromatic carbocycles. The van der Waals surface area contributed by atoms with E-state index in [0.717, 1.165) is 31.7 Å². The number of carbonyl (C=O) groups excluding carboxylic acids is 2. The largest absolute Gasteiger partial charge is 0.304 e. The summed E-state index contributed by atoms with van der Waals surface area (Å²) in [6, 6.07) is 7.24. The lowest BCUT2D eigenvalue weighted by molar-refractivity contribution is -0.127. The van der Waals surface area contributed by atoms with Gasteiger partial charge in [-0.1, -0.05) is 47.7 Å². The predicted octanol–water partition coefficient (Wildman–Crippen LogP) is 2.63. The lowest BCUT2D eigenvalue weighted by atomic mass is 10.2. The fourth-order valence-corrected chi connectivity index (χ4v) is 4.20. The number of nitrogens with zero attached hydrogens (tertiary/aromatic N) is 3. The van der Waals surface area contributed by atoms with Crippen LogP contribution < -0.4 is 5.43 Å². The van der Waals surface area contributed by atoms with E-state index in [1.165, 1.54) is 16.7 Å². The van der Waals surface area contributed by atoms with Crippen LogP contribution in [0, 0.1) is 0 Å². The molecule has 152 valence electrons. The third kappa shape index (κ3) is 6.17. The average molecular weight is 461 g/mol. The molecule has 1 aromatic rings. The van der Waals surface area contributed by atoms with Crippen molar-refractivity contribution in [3.8, 4) is 0 Å². The Kier molecular flexibility index (Phi) is 8.73. The summed E-state index contributed by atoms with van der Waals surface area (Å²) in [5.74, 6) is -0.261. The predicted molar refractivity (Wildman–Crippen MR) is 120 cm³/mol. The van der Waals surface area contributed by atoms with E-state index in [9.17, 15) is 9.59 Å². The Morgan fingerprint density at radius 2 is 1.89 bits per heavy atom. The van der Waals surface area contributed by atoms with Gasteiger partial charge in [-0.3, -0.25) is 19.9 Å². The molecule has 0 atom stereocenters. The molecular weight excluding hydrogens is 439 g/mol. The number of halogens is 2. The Balaban J connectivity index is 0.00000280. The third-order valence-electron chi connectivity index (χ3n) is 4.39. The molecule has 0 unspecified atom stereocenters. The summed E-state index contributed by atoms with van der Waals surface area (Å²) in [6.45, 7) is 3.72. The highest BCUT2D eigenvalue weighted by Gasteiger charge is 2.32. The monoisotopic (exact) mass is 460 g/mol. The van der Waals surface area contributed by atoms with Crippen LogP contribution in [0.2, 0.25) is 5.02 Å². The Labute approximate surface area is 185 Å². The highest BCUT2D eigenvalue weighted by Crippen LogP contribution is 2.32. The number of amides is 2. The summed E-state index contributed by atoms with van der Waals surface area (Å²) in [7, 11) is 2.06. The fraction of sp³-hybridized carbons (Fsp3) is 0.389. The van der Waals surface area contributed by atoms with Crippen molar-refractivity contribution >= 4 is 70.2 Å². The molecule has 2 fully saturated rings. The van der Waals surface area contributed by atoms with Gasteiger partial charge >= 0.3 is 0 Å². The van der Waals surface area contributed by atoms with Gasteiger partial charge in [0.25, 0.3) is 5.91 Å². The number of thioether (sulfide) groups is 1. The summed E-state index contributed by atoms with van der Waals surface area (Å²) in [4.78, 5) is 29.1. The Hall–Kier alpha value is -1.16. The van der Waals surface area contributed by atoms with Crippen LogP contribution >= 0.6 is 48.0 Å². The average Bonchev–Trinajstić information content (AvgIpc) is 2.90. The minimum atomic E-state index is -0.160. The van der Waals surface area contributed by atoms with Gasteiger partial charge in [-0.05, 0) is 30.8 Å². The first-order valence-corrected chi connectivity index (χ1v) is 10.3. The first-order chi connectivity index (χ1) is 12.9. The number of rotatable bonds is 5. The number of carbonyl (C=O) groups is 2. The van der Waals surface area contributed by atoms with Crippen molar-refractivity contribution in [3.63, 3.8) is 0 Å². The van der Waals surface area contributed by atoms with Crippen molar-refractivity contribution in [1.82, 2.24) is 20.2 Å². The number of piperazine rings is 1. The van der Waals surface area contributed by atoms with Crippen LogP contribution in [0.4, 0.5) is 0 Å². The van der Waals surface area contributed by atoms with Crippen molar-refractivity contribution in [1.29, 1.82) is 0 Å². The molecule has 6 nitrogen and oxygen atoms in total. The number of likely N-dealkylation sites (N-methyl/N-ethyl adjacent to an activating group) is 1. The Bertz CT molecular complexity index is 765. The van der Waals surface area contributed by atoms with Crippen LogP contribution in [0.25, 0.3) is 6.08 Å². The molecule has 2 aliphatic heterocycles. The first kappa shape index (κ1) is 23.1. The Morgan fingerprint density at radius 3 is 2.54 bits per heavy atom. The molecule has 0 saturated carbocycles. The van der Waals surface area contributed by atoms with Gasteiger partial charge in [0.1, 0.15) is 4.32 Å². The number of hydrogen-bond acceptors (Lipinski definition) is 6. The Morgan fingerprint density at radius 1 is 1.25 bits per heavy atom. The van der Waals surface area contributed by atoms with E-state index in [2.05, 4.69) is 17.4 Å². The third-order valence-corrected chi connectivity index (χ3v) is 6.02. The van der Waals surface area contributed by atoms with Crippen LogP contribution in [0.5, 0.6) is 0 Å². The van der Waals surface area contributed by atoms with Crippen molar-refractivity contribution < 1.29 is 9.59 Å². The molecule has 28 heavy (non-hydrogen) atoms. The van der Waals surface area contributed by atoms with E-state index in [-0.39, 0.29) is 37.2 Å². The molecule has 2 saturated heterocycles. The zero-order chi connectivity index (χ0) is 19.4. The summed E-state index contributed by atoms with van der Waals surface area (Å²) in [5, 5.41) is 2.57. The van der Waals surface area contributed by atoms with Gasteiger partial charge in [0.05, 0.1) is 4.91 Å². The molecule has 2 amide bonds. The molecule has 10 heteroatoms. The second-order valence-electron chi connectivity index (χ2n) is 6.46. The maximum Gasteiger partial charge on any atom is 0.266 e. The molecule has 0 radical (unpaired) electrons. The molecule has 0 bridgehead atoms. The fourth-order valence-electron chi connectivity index (χ4n) is 2.77. The number of hydrazine groups is 1. The molecule has 0 aliphatic carbocycles. The molecule has 3 rings (SSSR count). The standard InChI is InChI=1S/C18H21ClN4O2S2.ClH/c1-21-8-10-22(11-9-21)20-16(24)6-7-23-17(25)15(27-18(23)26)12-13-2-4-14(19)5-3-13;/h2-5,12H,6-11H2,1H3,(H,20,24);1H/b15-12+;. The normalized spacial score (nSPS) is 19.8. The lowest BCUT2D eigenvalue weighted by Gasteiger charge is -2.32. The highest BCUT2D eigenvalue weighted by molar-refractivity contribution is 8.26. The van der Waals surface area contributed by atoms with E-state index in [4.69, 9.17) is 23.8 Å². The van der Waals surface area contributed by atoms with Gasteiger partial charge in [-0.15, -0.1) is 12.4 Å². The van der Waals surface area contributed by atoms with Crippen LogP contribution in [-0.4, -0.2) is 70.7 Å². The van der Waals surface area contributed by atoms with Gasteiger partial charge < -0.3 is 4.90 Å². The van der Waals surface area contributed by atoms with E-state index >= 15 is 0 Å². The maximum atomic E-state index is 12.6. The summed E-state index contributed by atoms with van der Waals surface area (Å²) >= 11 is 12.5. The van der Waals surface area contributed by atoms with Gasteiger partial charge in [-0.25, -0.2) is 5.01 Å². The summed E-state index contributed by atoms with van der Waals surface area (Å²) < 4.78 is 0.479. The van der Waals surface area contributed by atoms with E-state index < -0.39 is 0 Å². The van der Waals surface area contributed by atoms with Gasteiger partial charge in [0.2, 0.25) is 5.91 Å². The van der Waals surface area contributed by atoms with Crippen molar-refractivity contribution in [2.45, 2.75) is 6.42 Å². The van der Waals surface area contributed by atoms with Gasteiger partial charge in [0.15, 0.2) is 0 Å². The second-order valence-corrected chi connectivity index (χ2v) is 8.57. The molecular formula is C18H22Cl2N4O2S2. The minimum Gasteiger partial charge on any atom is -0.304 e. The zero-order valence-electron chi connectivity index (χ0n) is 15.4. The van der Waals surface area contributed by atoms with Crippen LogP contribution in [-0.2, 0) is 9.59 Å². The van der Waals surface area contributed by atoms with Crippen molar-refractivity contribution in [3.05, 3.63) is 39.8 Å². The van der Waals surface area contributed by atoms with Crippen molar-refractivity contribution in [2.75, 3.05) is 39.8 Å². The molecule has 0 spiro atoms. The second kappa shape index (κ2) is 10.6. The van der Waals surface area contributed by atoms with Gasteiger partial charge in [-0.2, -0.15) is 0 Å². The lowest BCUT2D eigenvalue weighted by Crippen LogP contribution is -2.52. The number of nitrogens with one attached hydrogen (secondary N) is 1. The van der Waals surface area contributed by atoms with Crippen LogP contribution in [0.15, 0.2) is 29.2 Å². The number of benzene rings is 1. The van der Waals surface area contributed by atoms with E-state index in [0.29, 0.717) is 14.2 Å². The van der Waals surface area contributed by atoms with Crippen LogP contribution in [0.1, 0.15) is 12.0 Å². The maximum absolute atomic E-state index is 12.6. The molecule has 2 heterocycles. The topological polar surface area (TPSA) is 55.9 Å². The van der Waals surface area contributed by atoms with Crippen LogP contribution in [0.3, 0.4) is 0 Å². The quantitative estimate of drug-likeness (QED) is 0.538. The van der Waals surface area contributed by atoms with E-state index in [1.54, 1.807) is 18.2 Å². The first-order valence-electron chi connectivity index (χ1n) is 8.66. The highest BCUT2D eigenvalue weighted by atomic mass is 35.5. The smallest absolute Gasteiger partial charge is 0.266 e. The summed E-state index contributed by atoms with van der Waals surface area (Å²) in [6.07, 6.45) is 2.01. The van der Waals surface area contributed by atoms with Gasteiger partial charge in [0, 0.05) is 44.2 Å². The minimum absolute atomic E-state index is 0. The SMILES string of the molecule is CN1CCN(NC(=O)CCN2C(=O)/C(=C\c3ccc(Cl)cc3)SC2=S)CC1.Cl. The number of hydrogen-bond donors (Lipinski definition) is 1. The van der Waals surface area contributed by atoms with E-state index in [1.807, 2.05) is 17.1 Å². The van der Waals surface area contributed by atoms with Crippen molar-refractivity contribution in [2.24, 2.45) is 0 Å². The molecule has 2 aliphatic rings. The molecule has 0 aromatic heterocycles. The zero-order valence-corrected chi connectivity index (χ0v) is 18.6.